The van der Waals surface area contributed by atoms with Crippen molar-refractivity contribution in [1.29, 1.82) is 0 Å². The molecule has 0 bridgehead atoms. The van der Waals surface area contributed by atoms with E-state index in [1.54, 1.807) is 0 Å². The van der Waals surface area contributed by atoms with Crippen LogP contribution >= 0.6 is 0 Å². The van der Waals surface area contributed by atoms with Gasteiger partial charge in [0.15, 0.2) is 11.6 Å². The maximum Gasteiger partial charge on any atom is 0.166 e. The molecule has 0 radical (unpaired) electrons. The zero-order valence-electron chi connectivity index (χ0n) is 45.0. The molecule has 0 aliphatic carbocycles. The lowest BCUT2D eigenvalue weighted by Crippen LogP contribution is -2.33. The van der Waals surface area contributed by atoms with E-state index in [0.717, 1.165) is 68.3 Å². The fraction of sp³-hybridized carbons (Fsp3) is 0.108. The van der Waals surface area contributed by atoms with Crippen LogP contribution < -0.4 is 19.6 Å². The molecule has 78 heavy (non-hydrogen) atoms. The predicted octanol–water partition coefficient (Wildman–Crippen LogP) is 20.6. The van der Waals surface area contributed by atoms with Gasteiger partial charge < -0.3 is 0 Å². The molecule has 0 saturated carbocycles. The highest BCUT2D eigenvalue weighted by atomic mass is 15.5. The Labute approximate surface area is 458 Å². The van der Waals surface area contributed by atoms with Crippen molar-refractivity contribution in [1.82, 2.24) is 0 Å². The van der Waals surface area contributed by atoms with E-state index in [2.05, 4.69) is 316 Å². The first-order valence-electron chi connectivity index (χ1n) is 27.3. The number of hydrogen-bond acceptors (Lipinski definition) is 4. The lowest BCUT2D eigenvalue weighted by Gasteiger charge is -2.34. The van der Waals surface area contributed by atoms with Gasteiger partial charge in [-0.2, -0.15) is 0 Å². The molecule has 4 nitrogen and oxygen atoms in total. The van der Waals surface area contributed by atoms with E-state index in [4.69, 9.17) is 0 Å². The first-order valence-corrected chi connectivity index (χ1v) is 27.3. The third kappa shape index (κ3) is 8.06. The molecule has 12 aromatic carbocycles. The standard InChI is InChI=1S/C74H60N4/c1-73(2,3)61-33-23-53(24-34-61)59-31-41-67-69(47-59)77(65-39-29-51-17-9-13-21-57(51)45-65)71(75(67)63-37-27-49-15-7-11-19-55(49)43-63)72-76(64-38-28-50-16-8-12-20-56(50)44-64)68-42-32-60(54-25-35-62(36-26-54)74(4,5)6)48-70(68)78(72)66-40-30-52-18-10-14-22-58(52)46-66/h7-48H,1-6H3/b72-71+. The maximum atomic E-state index is 2.54. The lowest BCUT2D eigenvalue weighted by atomic mass is 9.86. The number of rotatable bonds is 6. The first kappa shape index (κ1) is 47.1. The first-order chi connectivity index (χ1) is 37.9. The van der Waals surface area contributed by atoms with Gasteiger partial charge in [0.1, 0.15) is 0 Å². The molecule has 376 valence electrons. The van der Waals surface area contributed by atoms with Crippen molar-refractivity contribution in [2.45, 2.75) is 52.4 Å². The smallest absolute Gasteiger partial charge is 0.166 e. The van der Waals surface area contributed by atoms with E-state index in [0.29, 0.717) is 0 Å². The van der Waals surface area contributed by atoms with Crippen LogP contribution in [0.25, 0.3) is 65.3 Å². The summed E-state index contributed by atoms with van der Waals surface area (Å²) in [4.78, 5) is 10.1. The van der Waals surface area contributed by atoms with Crippen LogP contribution in [0.1, 0.15) is 52.7 Å². The van der Waals surface area contributed by atoms with Crippen LogP contribution in [-0.4, -0.2) is 0 Å². The van der Waals surface area contributed by atoms with Gasteiger partial charge in [-0.3, -0.25) is 19.6 Å². The zero-order valence-corrected chi connectivity index (χ0v) is 45.0. The molecule has 0 saturated heterocycles. The fourth-order valence-corrected chi connectivity index (χ4v) is 11.8. The highest BCUT2D eigenvalue weighted by Gasteiger charge is 2.45. The third-order valence-corrected chi connectivity index (χ3v) is 16.1. The Morgan fingerprint density at radius 2 is 0.474 bits per heavy atom. The van der Waals surface area contributed by atoms with E-state index in [1.165, 1.54) is 65.3 Å². The van der Waals surface area contributed by atoms with Gasteiger partial charge in [-0.15, -0.1) is 0 Å². The predicted molar refractivity (Wildman–Crippen MR) is 333 cm³/mol. The molecule has 2 heterocycles. The number of nitrogens with zero attached hydrogens (tertiary/aromatic N) is 4. The van der Waals surface area contributed by atoms with Gasteiger partial charge in [0.05, 0.1) is 22.7 Å². The molecule has 0 amide bonds. The van der Waals surface area contributed by atoms with Crippen molar-refractivity contribution < 1.29 is 0 Å². The number of hydrogen-bond donors (Lipinski definition) is 0. The molecule has 2 aliphatic heterocycles. The summed E-state index contributed by atoms with van der Waals surface area (Å²) in [5.41, 5.74) is 16.0. The molecule has 14 rings (SSSR count). The van der Waals surface area contributed by atoms with Gasteiger partial charge in [0, 0.05) is 22.7 Å². The third-order valence-electron chi connectivity index (χ3n) is 16.1. The highest BCUT2D eigenvalue weighted by Crippen LogP contribution is 2.59. The van der Waals surface area contributed by atoms with Gasteiger partial charge in [-0.05, 0) is 160 Å². The quantitative estimate of drug-likeness (QED) is 0.165. The van der Waals surface area contributed by atoms with Crippen molar-refractivity contribution >= 4 is 88.6 Å². The minimum atomic E-state index is 0.0368. The van der Waals surface area contributed by atoms with E-state index in [1.807, 2.05) is 0 Å². The Bertz CT molecular complexity index is 4080. The molecular weight excluding hydrogens is 945 g/mol. The second-order valence-electron chi connectivity index (χ2n) is 23.2. The van der Waals surface area contributed by atoms with Crippen molar-refractivity contribution in [2.75, 3.05) is 19.6 Å². The Morgan fingerprint density at radius 3 is 0.756 bits per heavy atom. The Hall–Kier alpha value is -9.38. The number of fused-ring (bicyclic) bond motifs is 6. The van der Waals surface area contributed by atoms with Crippen LogP contribution in [0.4, 0.5) is 45.5 Å². The number of benzene rings is 12. The molecule has 0 fully saturated rings. The van der Waals surface area contributed by atoms with Crippen molar-refractivity contribution in [3.8, 4) is 22.3 Å². The summed E-state index contributed by atoms with van der Waals surface area (Å²) in [5.74, 6) is 2.01. The van der Waals surface area contributed by atoms with Gasteiger partial charge >= 0.3 is 0 Å². The molecule has 0 aromatic heterocycles. The molecule has 0 spiro atoms. The van der Waals surface area contributed by atoms with Crippen LogP contribution in [0.5, 0.6) is 0 Å². The number of anilines is 8. The van der Waals surface area contributed by atoms with E-state index >= 15 is 0 Å². The van der Waals surface area contributed by atoms with Gasteiger partial charge in [0.2, 0.25) is 0 Å². The zero-order chi connectivity index (χ0) is 52.9. The summed E-state index contributed by atoms with van der Waals surface area (Å²) in [6.07, 6.45) is 0. The summed E-state index contributed by atoms with van der Waals surface area (Å²) in [7, 11) is 0. The average molecular weight is 1010 g/mol. The average Bonchev–Trinajstić information content (AvgIpc) is 4.23. The van der Waals surface area contributed by atoms with Gasteiger partial charge in [-0.1, -0.05) is 224 Å². The minimum absolute atomic E-state index is 0.0368. The normalized spacial score (nSPS) is 14.5. The molecule has 2 aliphatic rings. The van der Waals surface area contributed by atoms with E-state index in [9.17, 15) is 0 Å². The topological polar surface area (TPSA) is 13.0 Å². The molecule has 4 heteroatoms. The minimum Gasteiger partial charge on any atom is -0.291 e. The van der Waals surface area contributed by atoms with Crippen molar-refractivity contribution in [2.24, 2.45) is 0 Å². The second kappa shape index (κ2) is 18.1. The van der Waals surface area contributed by atoms with Crippen molar-refractivity contribution in [3.05, 3.63) is 278 Å². The van der Waals surface area contributed by atoms with Gasteiger partial charge in [0.25, 0.3) is 0 Å². The maximum absolute atomic E-state index is 2.54. The summed E-state index contributed by atoms with van der Waals surface area (Å²) in [6.45, 7) is 13.7. The molecule has 0 atom stereocenters. The van der Waals surface area contributed by atoms with Crippen LogP contribution in [0, 0.1) is 0 Å². The Morgan fingerprint density at radius 1 is 0.218 bits per heavy atom. The van der Waals surface area contributed by atoms with Crippen molar-refractivity contribution in [3.63, 3.8) is 0 Å². The molecular formula is C74H60N4. The van der Waals surface area contributed by atoms with Gasteiger partial charge in [-0.25, -0.2) is 0 Å². The SMILES string of the molecule is CC(C)(C)c1ccc(-c2ccc3c(c2)N(c2ccc4ccccc4c2)/C(=C2\N(c4ccc5ccccc5c4)c4ccc(-c5ccc(C(C)(C)C)cc5)cc4N2c2ccc4ccccc4c2)N3c2ccc3ccccc3c2)cc1. The van der Waals surface area contributed by atoms with E-state index < -0.39 is 0 Å². The summed E-state index contributed by atoms with van der Waals surface area (Å²) < 4.78 is 0. The summed E-state index contributed by atoms with van der Waals surface area (Å²) in [6, 6.07) is 95.2. The lowest BCUT2D eigenvalue weighted by molar-refractivity contribution is 0.590. The second-order valence-corrected chi connectivity index (χ2v) is 23.2. The van der Waals surface area contributed by atoms with Crippen LogP contribution in [0.15, 0.2) is 266 Å². The summed E-state index contributed by atoms with van der Waals surface area (Å²) >= 11 is 0. The van der Waals surface area contributed by atoms with Crippen LogP contribution in [0.2, 0.25) is 0 Å². The van der Waals surface area contributed by atoms with E-state index in [-0.39, 0.29) is 10.8 Å². The van der Waals surface area contributed by atoms with Crippen LogP contribution in [-0.2, 0) is 10.8 Å². The molecule has 12 aromatic rings. The molecule has 0 N–H and O–H groups in total. The highest BCUT2D eigenvalue weighted by molar-refractivity contribution is 6.05. The van der Waals surface area contributed by atoms with Crippen LogP contribution in [0.3, 0.4) is 0 Å². The fourth-order valence-electron chi connectivity index (χ4n) is 11.8. The monoisotopic (exact) mass is 1000 g/mol. The Balaban J connectivity index is 1.12. The summed E-state index contributed by atoms with van der Waals surface area (Å²) in [5, 5.41) is 9.48. The largest absolute Gasteiger partial charge is 0.291 e. The molecule has 0 unspecified atom stereocenters. The Kier molecular flexibility index (Phi) is 11.0.